The van der Waals surface area contributed by atoms with Crippen LogP contribution in [0, 0.1) is 6.07 Å². The zero-order chi connectivity index (χ0) is 21.2. The van der Waals surface area contributed by atoms with Crippen molar-refractivity contribution in [1.29, 1.82) is 0 Å². The Kier molecular flexibility index (Phi) is 16.0. The molecule has 0 fully saturated rings. The molecule has 1 N–H and O–H groups in total. The van der Waals surface area contributed by atoms with E-state index in [0.29, 0.717) is 0 Å². The van der Waals surface area contributed by atoms with Crippen molar-refractivity contribution >= 4 is 5.57 Å². The molecule has 1 radical (unpaired) electrons. The van der Waals surface area contributed by atoms with Gasteiger partial charge in [0.1, 0.15) is 6.10 Å². The SMILES string of the molecule is CN(C)CC1=C(c2[c-]cccc2)CC=C1.OOC(c1ccccc1)c1ccccc1.[Cl-].[Cl-].[Ti+3]. The molecule has 1 aliphatic rings. The van der Waals surface area contributed by atoms with E-state index in [1.807, 2.05) is 72.8 Å². The van der Waals surface area contributed by atoms with E-state index in [0.717, 1.165) is 24.1 Å². The van der Waals surface area contributed by atoms with Gasteiger partial charge in [-0.3, -0.25) is 5.26 Å². The molecule has 0 unspecified atom stereocenters. The van der Waals surface area contributed by atoms with Crippen molar-refractivity contribution < 1.29 is 56.7 Å². The Hall–Kier alpha value is -1.69. The van der Waals surface area contributed by atoms with Crippen LogP contribution >= 0.6 is 0 Å². The Morgan fingerprint density at radius 3 is 1.88 bits per heavy atom. The molecule has 0 aliphatic heterocycles. The standard InChI is InChI=1S/C14H16N.C13H12O2.2ClH.Ti/c1-15(2)11-13-9-6-10-14(13)12-7-4-3-5-8-12;14-15-13(11-7-3-1-4-8-11)12-9-5-2-6-10-12;;;/h3-7,9H,10-11H2,1-2H3;1-10,13-14H;2*1H;/q-1;;;;+3/p-2. The average molecular weight is 517 g/mol. The molecule has 0 saturated heterocycles. The molecule has 3 aromatic rings. The normalized spacial score (nSPS) is 11.8. The van der Waals surface area contributed by atoms with Gasteiger partial charge in [-0.1, -0.05) is 78.4 Å². The van der Waals surface area contributed by atoms with Gasteiger partial charge in [0.15, 0.2) is 0 Å². The fraction of sp³-hybridized carbons (Fsp3) is 0.185. The quantitative estimate of drug-likeness (QED) is 0.217. The van der Waals surface area contributed by atoms with Crippen LogP contribution in [0.3, 0.4) is 0 Å². The molecule has 0 aromatic heterocycles. The minimum absolute atomic E-state index is 0. The van der Waals surface area contributed by atoms with Gasteiger partial charge in [-0.05, 0) is 31.6 Å². The van der Waals surface area contributed by atoms with Crippen LogP contribution < -0.4 is 24.8 Å². The van der Waals surface area contributed by atoms with Crippen LogP contribution in [-0.4, -0.2) is 30.8 Å². The number of nitrogens with zero attached hydrogens (tertiary/aromatic N) is 1. The first-order valence-corrected chi connectivity index (χ1v) is 10.1. The van der Waals surface area contributed by atoms with Crippen molar-refractivity contribution in [2.75, 3.05) is 20.6 Å². The first kappa shape index (κ1) is 31.3. The zero-order valence-electron chi connectivity index (χ0n) is 18.8. The predicted molar refractivity (Wildman–Crippen MR) is 123 cm³/mol. The van der Waals surface area contributed by atoms with Crippen LogP contribution in [-0.2, 0) is 26.6 Å². The van der Waals surface area contributed by atoms with E-state index in [-0.39, 0.29) is 46.5 Å². The van der Waals surface area contributed by atoms with Gasteiger partial charge in [0.05, 0.1) is 0 Å². The van der Waals surface area contributed by atoms with Crippen molar-refractivity contribution in [3.05, 3.63) is 125 Å². The maximum absolute atomic E-state index is 8.93. The van der Waals surface area contributed by atoms with E-state index in [1.54, 1.807) is 0 Å². The number of hydrogen-bond acceptors (Lipinski definition) is 3. The van der Waals surface area contributed by atoms with Crippen LogP contribution in [0.1, 0.15) is 29.2 Å². The Labute approximate surface area is 224 Å². The summed E-state index contributed by atoms with van der Waals surface area (Å²) in [6.45, 7) is 1.01. The molecule has 0 bridgehead atoms. The molecule has 3 nitrogen and oxygen atoms in total. The smallest absolute Gasteiger partial charge is 1.00 e. The van der Waals surface area contributed by atoms with Gasteiger partial charge in [0, 0.05) is 6.54 Å². The van der Waals surface area contributed by atoms with E-state index in [9.17, 15) is 0 Å². The van der Waals surface area contributed by atoms with Gasteiger partial charge < -0.3 is 29.7 Å². The van der Waals surface area contributed by atoms with Gasteiger partial charge in [0.2, 0.25) is 0 Å². The van der Waals surface area contributed by atoms with E-state index in [2.05, 4.69) is 54.2 Å². The summed E-state index contributed by atoms with van der Waals surface area (Å²) < 4.78 is 0. The Morgan fingerprint density at radius 2 is 1.42 bits per heavy atom. The number of likely N-dealkylation sites (N-methyl/N-ethyl adjacent to an activating group) is 1. The molecule has 1 aliphatic carbocycles. The molecule has 0 saturated carbocycles. The van der Waals surface area contributed by atoms with Gasteiger partial charge in [-0.25, -0.2) is 4.89 Å². The van der Waals surface area contributed by atoms with E-state index >= 15 is 0 Å². The summed E-state index contributed by atoms with van der Waals surface area (Å²) >= 11 is 0. The third kappa shape index (κ3) is 9.60. The Morgan fingerprint density at radius 1 is 0.879 bits per heavy atom. The van der Waals surface area contributed by atoms with Crippen molar-refractivity contribution in [2.45, 2.75) is 12.5 Å². The summed E-state index contributed by atoms with van der Waals surface area (Å²) in [4.78, 5) is 6.72. The first-order valence-electron chi connectivity index (χ1n) is 10.1. The van der Waals surface area contributed by atoms with Crippen LogP contribution in [0.15, 0.2) is 103 Å². The molecule has 0 amide bonds. The fourth-order valence-corrected chi connectivity index (χ4v) is 3.47. The van der Waals surface area contributed by atoms with Crippen LogP contribution in [0.2, 0.25) is 0 Å². The van der Waals surface area contributed by atoms with E-state index < -0.39 is 6.10 Å². The summed E-state index contributed by atoms with van der Waals surface area (Å²) in [5.41, 5.74) is 5.95. The van der Waals surface area contributed by atoms with Crippen molar-refractivity contribution in [3.63, 3.8) is 0 Å². The number of benzene rings is 3. The molecule has 0 atom stereocenters. The topological polar surface area (TPSA) is 32.7 Å². The number of hydrogen-bond donors (Lipinski definition) is 1. The van der Waals surface area contributed by atoms with Crippen LogP contribution in [0.5, 0.6) is 0 Å². The minimum Gasteiger partial charge on any atom is -1.00 e. The van der Waals surface area contributed by atoms with E-state index in [4.69, 9.17) is 5.26 Å². The summed E-state index contributed by atoms with van der Waals surface area (Å²) in [5, 5.41) is 8.93. The second kappa shape index (κ2) is 16.9. The van der Waals surface area contributed by atoms with Crippen LogP contribution in [0.25, 0.3) is 5.57 Å². The van der Waals surface area contributed by atoms with Crippen molar-refractivity contribution in [1.82, 2.24) is 4.90 Å². The third-order valence-electron chi connectivity index (χ3n) is 4.86. The summed E-state index contributed by atoms with van der Waals surface area (Å²) in [6, 6.07) is 30.7. The van der Waals surface area contributed by atoms with Crippen LogP contribution in [0.4, 0.5) is 0 Å². The predicted octanol–water partition coefficient (Wildman–Crippen LogP) is 0.0330. The van der Waals surface area contributed by atoms with E-state index in [1.165, 1.54) is 16.7 Å². The number of rotatable bonds is 6. The number of halogens is 2. The molecular formula is C27H28Cl2NO2Ti. The summed E-state index contributed by atoms with van der Waals surface area (Å²) in [5.74, 6) is 0. The Bertz CT molecular complexity index is 926. The minimum atomic E-state index is -0.410. The average Bonchev–Trinajstić information content (AvgIpc) is 3.24. The monoisotopic (exact) mass is 516 g/mol. The molecule has 3 aromatic carbocycles. The van der Waals surface area contributed by atoms with Gasteiger partial charge in [0.25, 0.3) is 0 Å². The zero-order valence-corrected chi connectivity index (χ0v) is 21.9. The summed E-state index contributed by atoms with van der Waals surface area (Å²) in [7, 11) is 4.21. The number of allylic oxidation sites excluding steroid dienone is 2. The molecule has 171 valence electrons. The molecule has 4 rings (SSSR count). The van der Waals surface area contributed by atoms with Gasteiger partial charge in [-0.15, -0.1) is 41.5 Å². The van der Waals surface area contributed by atoms with Gasteiger partial charge >= 0.3 is 21.7 Å². The largest absolute Gasteiger partial charge is 3.00 e. The molecule has 33 heavy (non-hydrogen) atoms. The molecular weight excluding hydrogens is 489 g/mol. The molecule has 6 heteroatoms. The maximum atomic E-state index is 8.93. The van der Waals surface area contributed by atoms with Crippen molar-refractivity contribution in [3.8, 4) is 0 Å². The van der Waals surface area contributed by atoms with Gasteiger partial charge in [-0.2, -0.15) is 0 Å². The first-order chi connectivity index (χ1) is 14.7. The molecule has 0 heterocycles. The third-order valence-corrected chi connectivity index (χ3v) is 4.86. The second-order valence-electron chi connectivity index (χ2n) is 7.43. The maximum Gasteiger partial charge on any atom is 3.00 e. The van der Waals surface area contributed by atoms with Crippen molar-refractivity contribution in [2.24, 2.45) is 0 Å². The Balaban J connectivity index is 0.000000569. The summed E-state index contributed by atoms with van der Waals surface area (Å²) in [6.07, 6.45) is 5.10. The fourth-order valence-electron chi connectivity index (χ4n) is 3.47. The molecule has 0 spiro atoms. The second-order valence-corrected chi connectivity index (χ2v) is 7.43.